The third-order valence-electron chi connectivity index (χ3n) is 7.27. The second-order valence-electron chi connectivity index (χ2n) is 14.6. The zero-order chi connectivity index (χ0) is 37.5. The second-order valence-corrected chi connectivity index (χ2v) is 15.6. The number of carboxylic acid groups (broad SMARTS) is 1. The summed E-state index contributed by atoms with van der Waals surface area (Å²) in [5.41, 5.74) is -0.773. The molecule has 0 aromatic heterocycles. The van der Waals surface area contributed by atoms with Gasteiger partial charge in [-0.05, 0) is 69.3 Å². The summed E-state index contributed by atoms with van der Waals surface area (Å²) >= 11 is 1.48. The first kappa shape index (κ1) is 44.9. The summed E-state index contributed by atoms with van der Waals surface area (Å²) in [5.74, 6) is -4.21. The van der Waals surface area contributed by atoms with Crippen LogP contribution in [0.15, 0.2) is 0 Å². The smallest absolute Gasteiger partial charge is 0.408 e. The Morgan fingerprint density at radius 2 is 1.21 bits per heavy atom. The van der Waals surface area contributed by atoms with Crippen LogP contribution in [0, 0.1) is 23.7 Å². The van der Waals surface area contributed by atoms with Crippen LogP contribution in [0.5, 0.6) is 0 Å². The van der Waals surface area contributed by atoms with Gasteiger partial charge in [-0.1, -0.05) is 55.4 Å². The Morgan fingerprint density at radius 1 is 0.708 bits per heavy atom. The minimum absolute atomic E-state index is 0.00813. The van der Waals surface area contributed by atoms with Gasteiger partial charge in [0.05, 0.1) is 18.6 Å². The topological polar surface area (TPSA) is 212 Å². The first-order valence-electron chi connectivity index (χ1n) is 16.6. The third-order valence-corrected chi connectivity index (χ3v) is 7.92. The van der Waals surface area contributed by atoms with Crippen molar-refractivity contribution in [3.63, 3.8) is 0 Å². The molecule has 0 saturated carbocycles. The van der Waals surface area contributed by atoms with Crippen LogP contribution in [-0.4, -0.2) is 99.8 Å². The van der Waals surface area contributed by atoms with E-state index in [0.29, 0.717) is 12.2 Å². The SMILES string of the molecule is CSCC[C@H](NC(=O)[C@@H](NC(=O)OC(C)(C)C)C(C)C)C(=O)N[C@@H](CC(C)C)[C@@H](O)CC(=O)N[C@H](C(=O)N[C@H](C(=O)O)C(C)C)C(C)C. The van der Waals surface area contributed by atoms with Crippen LogP contribution in [0.4, 0.5) is 4.79 Å². The number of ether oxygens (including phenoxy) is 1. The summed E-state index contributed by atoms with van der Waals surface area (Å²) in [4.78, 5) is 76.9. The average molecular weight is 704 g/mol. The van der Waals surface area contributed by atoms with Gasteiger partial charge < -0.3 is 41.5 Å². The van der Waals surface area contributed by atoms with Crippen molar-refractivity contribution in [3.05, 3.63) is 0 Å². The molecule has 7 N–H and O–H groups in total. The Balaban J connectivity index is 5.84. The molecule has 0 saturated heterocycles. The number of carbonyl (C=O) groups excluding carboxylic acids is 5. The Labute approximate surface area is 290 Å². The number of amides is 5. The molecule has 0 rings (SSSR count). The van der Waals surface area contributed by atoms with Gasteiger partial charge in [0.2, 0.25) is 23.6 Å². The number of aliphatic hydroxyl groups excluding tert-OH is 1. The van der Waals surface area contributed by atoms with Gasteiger partial charge in [-0.15, -0.1) is 0 Å². The number of aliphatic carboxylic acids is 1. The van der Waals surface area contributed by atoms with Crippen LogP contribution in [-0.2, 0) is 28.7 Å². The molecule has 0 aliphatic heterocycles. The van der Waals surface area contributed by atoms with E-state index in [4.69, 9.17) is 4.74 Å². The number of nitrogens with one attached hydrogen (secondary N) is 5. The summed E-state index contributed by atoms with van der Waals surface area (Å²) in [6, 6.07) is -5.06. The molecule has 0 spiro atoms. The maximum Gasteiger partial charge on any atom is 0.408 e. The predicted octanol–water partition coefficient (Wildman–Crippen LogP) is 2.42. The van der Waals surface area contributed by atoms with Crippen molar-refractivity contribution in [2.75, 3.05) is 12.0 Å². The van der Waals surface area contributed by atoms with Crippen molar-refractivity contribution in [1.29, 1.82) is 0 Å². The second kappa shape index (κ2) is 21.1. The lowest BCUT2D eigenvalue weighted by Crippen LogP contribution is -2.58. The van der Waals surface area contributed by atoms with Crippen molar-refractivity contribution < 1.29 is 43.7 Å². The van der Waals surface area contributed by atoms with Gasteiger partial charge in [0, 0.05) is 0 Å². The minimum Gasteiger partial charge on any atom is -0.480 e. The molecule has 48 heavy (non-hydrogen) atoms. The number of alkyl carbamates (subject to hydrolysis) is 1. The molecule has 0 aromatic carbocycles. The quantitative estimate of drug-likeness (QED) is 0.0984. The van der Waals surface area contributed by atoms with E-state index >= 15 is 0 Å². The summed E-state index contributed by atoms with van der Waals surface area (Å²) in [7, 11) is 0. The molecule has 0 radical (unpaired) electrons. The zero-order valence-corrected chi connectivity index (χ0v) is 31.6. The maximum atomic E-state index is 13.6. The van der Waals surface area contributed by atoms with E-state index in [0.717, 1.165) is 0 Å². The summed E-state index contributed by atoms with van der Waals surface area (Å²) in [5, 5.41) is 33.8. The van der Waals surface area contributed by atoms with Gasteiger partial charge in [-0.3, -0.25) is 19.2 Å². The highest BCUT2D eigenvalue weighted by molar-refractivity contribution is 7.98. The number of carboxylic acids is 1. The van der Waals surface area contributed by atoms with E-state index in [-0.39, 0.29) is 30.1 Å². The summed E-state index contributed by atoms with van der Waals surface area (Å²) in [6.45, 7) is 19.1. The first-order chi connectivity index (χ1) is 22.0. The Morgan fingerprint density at radius 3 is 1.65 bits per heavy atom. The normalized spacial score (nSPS) is 15.6. The molecule has 278 valence electrons. The van der Waals surface area contributed by atoms with Crippen molar-refractivity contribution >= 4 is 47.5 Å². The largest absolute Gasteiger partial charge is 0.480 e. The lowest BCUT2D eigenvalue weighted by molar-refractivity contribution is -0.143. The molecular weight excluding hydrogens is 642 g/mol. The van der Waals surface area contributed by atoms with E-state index in [1.165, 1.54) is 11.8 Å². The van der Waals surface area contributed by atoms with Crippen LogP contribution in [0.1, 0.15) is 95.4 Å². The standard InChI is InChI=1S/C33H61N5O9S/c1-17(2)15-22(23(39)16-24(40)36-25(18(3)4)30(43)37-27(20(7)8)31(44)45)35-28(41)21(13-14-48-12)34-29(42)26(19(5)6)38-32(46)47-33(9,10)11/h17-23,25-27,39H,13-16H2,1-12H3,(H,34,42)(H,35,41)(H,36,40)(H,37,43)(H,38,46)(H,44,45)/t21-,22-,23-,25-,26-,27-/m0/s1. The van der Waals surface area contributed by atoms with Gasteiger partial charge in [0.25, 0.3) is 0 Å². The number of thioether (sulfide) groups is 1. The molecule has 15 heteroatoms. The van der Waals surface area contributed by atoms with Gasteiger partial charge in [-0.25, -0.2) is 9.59 Å². The molecule has 0 fully saturated rings. The number of aliphatic hydroxyl groups is 1. The average Bonchev–Trinajstić information content (AvgIpc) is 2.92. The first-order valence-corrected chi connectivity index (χ1v) is 18.0. The summed E-state index contributed by atoms with van der Waals surface area (Å²) in [6.07, 6.45) is -0.127. The van der Waals surface area contributed by atoms with Gasteiger partial charge >= 0.3 is 12.1 Å². The van der Waals surface area contributed by atoms with Crippen LogP contribution >= 0.6 is 11.8 Å². The van der Waals surface area contributed by atoms with Gasteiger partial charge in [-0.2, -0.15) is 11.8 Å². The summed E-state index contributed by atoms with van der Waals surface area (Å²) < 4.78 is 5.30. The molecule has 0 aliphatic carbocycles. The predicted molar refractivity (Wildman–Crippen MR) is 186 cm³/mol. The zero-order valence-electron chi connectivity index (χ0n) is 30.8. The lowest BCUT2D eigenvalue weighted by atomic mass is 9.95. The van der Waals surface area contributed by atoms with Crippen molar-refractivity contribution in [3.8, 4) is 0 Å². The molecule has 14 nitrogen and oxygen atoms in total. The molecule has 6 atom stereocenters. The highest BCUT2D eigenvalue weighted by Crippen LogP contribution is 2.15. The Kier molecular flexibility index (Phi) is 19.8. The lowest BCUT2D eigenvalue weighted by Gasteiger charge is -2.30. The maximum absolute atomic E-state index is 13.6. The third kappa shape index (κ3) is 17.4. The van der Waals surface area contributed by atoms with Crippen molar-refractivity contribution in [2.45, 2.75) is 137 Å². The fourth-order valence-corrected chi connectivity index (χ4v) is 5.17. The molecule has 0 aliphatic rings. The van der Waals surface area contributed by atoms with Crippen LogP contribution in [0.25, 0.3) is 0 Å². The molecule has 5 amide bonds. The van der Waals surface area contributed by atoms with Crippen LogP contribution in [0.3, 0.4) is 0 Å². The van der Waals surface area contributed by atoms with E-state index in [9.17, 15) is 39.0 Å². The highest BCUT2D eigenvalue weighted by atomic mass is 32.2. The molecule has 0 unspecified atom stereocenters. The number of carbonyl (C=O) groups is 6. The van der Waals surface area contributed by atoms with Crippen molar-refractivity contribution in [2.24, 2.45) is 23.7 Å². The number of hydrogen-bond acceptors (Lipinski definition) is 9. The fraction of sp³-hybridized carbons (Fsp3) is 0.818. The van der Waals surface area contributed by atoms with Crippen LogP contribution < -0.4 is 26.6 Å². The van der Waals surface area contributed by atoms with Gasteiger partial charge in [0.1, 0.15) is 29.8 Å². The van der Waals surface area contributed by atoms with Crippen molar-refractivity contribution in [1.82, 2.24) is 26.6 Å². The van der Waals surface area contributed by atoms with E-state index in [2.05, 4.69) is 26.6 Å². The fourth-order valence-electron chi connectivity index (χ4n) is 4.70. The Bertz CT molecular complexity index is 1080. The van der Waals surface area contributed by atoms with Crippen LogP contribution in [0.2, 0.25) is 0 Å². The van der Waals surface area contributed by atoms with E-state index in [1.807, 2.05) is 20.1 Å². The Hall–Kier alpha value is -3.07. The molecular formula is C33H61N5O9S. The minimum atomic E-state index is -1.34. The number of rotatable bonds is 20. The highest BCUT2D eigenvalue weighted by Gasteiger charge is 2.34. The van der Waals surface area contributed by atoms with E-state index in [1.54, 1.807) is 62.3 Å². The molecule has 0 bridgehead atoms. The van der Waals surface area contributed by atoms with E-state index < -0.39 is 84.0 Å². The van der Waals surface area contributed by atoms with Gasteiger partial charge in [0.15, 0.2) is 0 Å². The monoisotopic (exact) mass is 703 g/mol. The molecule has 0 heterocycles. The number of hydrogen-bond donors (Lipinski definition) is 7. The molecule has 0 aromatic rings.